The molecule has 0 saturated carbocycles. The van der Waals surface area contributed by atoms with Crippen LogP contribution in [0.5, 0.6) is 0 Å². The third kappa shape index (κ3) is 5.57. The zero-order chi connectivity index (χ0) is 17.2. The molecule has 0 atom stereocenters. The topological polar surface area (TPSA) is 75.1 Å². The van der Waals surface area contributed by atoms with E-state index in [-0.39, 0.29) is 0 Å². The average Bonchev–Trinajstić information content (AvgIpc) is 3.11. The van der Waals surface area contributed by atoms with Gasteiger partial charge in [0, 0.05) is 64.8 Å². The second-order valence-electron chi connectivity index (χ2n) is 5.40. The lowest BCUT2D eigenvalue weighted by molar-refractivity contribution is 0.0731. The monoisotopic (exact) mass is 356 g/mol. The van der Waals surface area contributed by atoms with Crippen LogP contribution in [0.4, 0.5) is 5.13 Å². The molecule has 1 aromatic rings. The van der Waals surface area contributed by atoms with Crippen molar-refractivity contribution in [3.63, 3.8) is 0 Å². The minimum Gasteiger partial charge on any atom is -0.382 e. The number of aryl methyl sites for hydroxylation is 1. The van der Waals surface area contributed by atoms with E-state index in [0.29, 0.717) is 19.8 Å². The molecule has 1 saturated heterocycles. The van der Waals surface area contributed by atoms with Crippen LogP contribution in [0, 0.1) is 0 Å². The highest BCUT2D eigenvalue weighted by molar-refractivity contribution is 7.09. The lowest BCUT2D eigenvalue weighted by atomic mass is 10.3. The molecule has 0 bridgehead atoms. The largest absolute Gasteiger partial charge is 0.382 e. The van der Waals surface area contributed by atoms with E-state index < -0.39 is 0 Å². The van der Waals surface area contributed by atoms with Gasteiger partial charge in [-0.3, -0.25) is 4.99 Å². The zero-order valence-corrected chi connectivity index (χ0v) is 15.6. The third-order valence-corrected chi connectivity index (χ3v) is 4.61. The molecule has 1 fully saturated rings. The fraction of sp³-hybridized carbons (Fsp3) is 0.800. The predicted molar refractivity (Wildman–Crippen MR) is 97.1 cm³/mol. The molecule has 1 aliphatic rings. The van der Waals surface area contributed by atoms with E-state index in [2.05, 4.69) is 36.4 Å². The van der Waals surface area contributed by atoms with Crippen molar-refractivity contribution < 1.29 is 9.47 Å². The van der Waals surface area contributed by atoms with E-state index in [1.165, 1.54) is 11.5 Å². The van der Waals surface area contributed by atoms with E-state index in [9.17, 15) is 0 Å². The Morgan fingerprint density at radius 3 is 2.67 bits per heavy atom. The van der Waals surface area contributed by atoms with Crippen LogP contribution in [0.1, 0.15) is 12.7 Å². The number of guanidine groups is 1. The van der Waals surface area contributed by atoms with E-state index in [4.69, 9.17) is 9.47 Å². The van der Waals surface area contributed by atoms with Crippen LogP contribution >= 0.6 is 11.5 Å². The molecular formula is C15H28N6O2S. The van der Waals surface area contributed by atoms with E-state index >= 15 is 0 Å². The number of anilines is 1. The molecule has 2 heterocycles. The Labute approximate surface area is 148 Å². The van der Waals surface area contributed by atoms with Crippen LogP contribution in [0.15, 0.2) is 4.99 Å². The molecule has 1 aliphatic heterocycles. The van der Waals surface area contributed by atoms with Crippen molar-refractivity contribution in [3.8, 4) is 0 Å². The first-order chi connectivity index (χ1) is 11.8. The second kappa shape index (κ2) is 10.4. The Kier molecular flexibility index (Phi) is 8.20. The molecule has 0 radical (unpaired) electrons. The fourth-order valence-electron chi connectivity index (χ4n) is 2.44. The van der Waals surface area contributed by atoms with Gasteiger partial charge in [-0.05, 0) is 0 Å². The van der Waals surface area contributed by atoms with E-state index in [1.807, 2.05) is 7.05 Å². The molecule has 0 aliphatic carbocycles. The average molecular weight is 356 g/mol. The van der Waals surface area contributed by atoms with Crippen LogP contribution < -0.4 is 10.2 Å². The zero-order valence-electron chi connectivity index (χ0n) is 14.8. The van der Waals surface area contributed by atoms with Crippen molar-refractivity contribution in [2.24, 2.45) is 4.99 Å². The van der Waals surface area contributed by atoms with Crippen LogP contribution in [-0.2, 0) is 15.9 Å². The Bertz CT molecular complexity index is 502. The standard InChI is InChI=1S/C15H28N6O2S/c1-4-13-18-15(24-19-13)21-8-6-20(7-9-21)14(16-2)17-5-10-23-12-11-22-3/h4-12H2,1-3H3,(H,16,17). The van der Waals surface area contributed by atoms with Crippen molar-refractivity contribution in [3.05, 3.63) is 5.82 Å². The molecular weight excluding hydrogens is 328 g/mol. The highest BCUT2D eigenvalue weighted by atomic mass is 32.1. The summed E-state index contributed by atoms with van der Waals surface area (Å²) in [4.78, 5) is 13.5. The number of nitrogens with one attached hydrogen (secondary N) is 1. The van der Waals surface area contributed by atoms with Crippen molar-refractivity contribution in [2.45, 2.75) is 13.3 Å². The highest BCUT2D eigenvalue weighted by Gasteiger charge is 2.21. The molecule has 0 aromatic carbocycles. The van der Waals surface area contributed by atoms with Crippen LogP contribution in [0.3, 0.4) is 0 Å². The summed E-state index contributed by atoms with van der Waals surface area (Å²) in [6.07, 6.45) is 0.888. The van der Waals surface area contributed by atoms with Gasteiger partial charge in [-0.1, -0.05) is 6.92 Å². The minimum absolute atomic E-state index is 0.622. The van der Waals surface area contributed by atoms with Gasteiger partial charge in [0.15, 0.2) is 5.96 Å². The number of methoxy groups -OCH3 is 1. The maximum Gasteiger partial charge on any atom is 0.205 e. The smallest absolute Gasteiger partial charge is 0.205 e. The summed E-state index contributed by atoms with van der Waals surface area (Å²) in [5, 5.41) is 4.38. The van der Waals surface area contributed by atoms with Gasteiger partial charge in [0.05, 0.1) is 19.8 Å². The van der Waals surface area contributed by atoms with Gasteiger partial charge in [-0.25, -0.2) is 4.98 Å². The molecule has 2 rings (SSSR count). The molecule has 1 N–H and O–H groups in total. The van der Waals surface area contributed by atoms with Crippen LogP contribution in [0.25, 0.3) is 0 Å². The summed E-state index contributed by atoms with van der Waals surface area (Å²) in [5.74, 6) is 1.86. The molecule has 0 unspecified atom stereocenters. The number of rotatable bonds is 8. The summed E-state index contributed by atoms with van der Waals surface area (Å²) >= 11 is 1.49. The Morgan fingerprint density at radius 2 is 2.04 bits per heavy atom. The Balaban J connectivity index is 1.71. The summed E-state index contributed by atoms with van der Waals surface area (Å²) in [5.41, 5.74) is 0. The predicted octanol–water partition coefficient (Wildman–Crippen LogP) is 0.461. The first kappa shape index (κ1) is 18.9. The van der Waals surface area contributed by atoms with E-state index in [0.717, 1.165) is 56.1 Å². The molecule has 24 heavy (non-hydrogen) atoms. The number of hydrogen-bond donors (Lipinski definition) is 1. The first-order valence-electron chi connectivity index (χ1n) is 8.38. The summed E-state index contributed by atoms with van der Waals surface area (Å²) in [6.45, 7) is 8.43. The van der Waals surface area contributed by atoms with Crippen LogP contribution in [-0.4, -0.2) is 86.9 Å². The van der Waals surface area contributed by atoms with Gasteiger partial charge >= 0.3 is 0 Å². The van der Waals surface area contributed by atoms with Gasteiger partial charge in [0.25, 0.3) is 0 Å². The maximum atomic E-state index is 5.46. The maximum absolute atomic E-state index is 5.46. The van der Waals surface area contributed by atoms with Gasteiger partial charge < -0.3 is 24.6 Å². The number of ether oxygens (including phenoxy) is 2. The first-order valence-corrected chi connectivity index (χ1v) is 9.15. The molecule has 9 heteroatoms. The lowest BCUT2D eigenvalue weighted by Gasteiger charge is -2.36. The quantitative estimate of drug-likeness (QED) is 0.412. The number of piperazine rings is 1. The third-order valence-electron chi connectivity index (χ3n) is 3.80. The number of hydrogen-bond acceptors (Lipinski definition) is 7. The van der Waals surface area contributed by atoms with Crippen molar-refractivity contribution >= 4 is 22.6 Å². The SMILES string of the molecule is CCc1nsc(N2CCN(C(=NC)NCCOCCOC)CC2)n1. The summed E-state index contributed by atoms with van der Waals surface area (Å²) < 4.78 is 14.8. The Morgan fingerprint density at radius 1 is 1.25 bits per heavy atom. The second-order valence-corrected chi connectivity index (χ2v) is 6.13. The molecule has 0 spiro atoms. The molecule has 1 aromatic heterocycles. The Hall–Kier alpha value is -1.45. The summed E-state index contributed by atoms with van der Waals surface area (Å²) in [6, 6.07) is 0. The molecule has 0 amide bonds. The lowest BCUT2D eigenvalue weighted by Crippen LogP contribution is -2.53. The minimum atomic E-state index is 0.622. The van der Waals surface area contributed by atoms with Gasteiger partial charge in [0.1, 0.15) is 5.82 Å². The van der Waals surface area contributed by atoms with Gasteiger partial charge in [-0.2, -0.15) is 4.37 Å². The van der Waals surface area contributed by atoms with Gasteiger partial charge in [0.2, 0.25) is 5.13 Å². The highest BCUT2D eigenvalue weighted by Crippen LogP contribution is 2.19. The fourth-order valence-corrected chi connectivity index (χ4v) is 3.24. The molecule has 8 nitrogen and oxygen atoms in total. The van der Waals surface area contributed by atoms with Crippen molar-refractivity contribution in [1.29, 1.82) is 0 Å². The number of aliphatic imine (C=N–C) groups is 1. The van der Waals surface area contributed by atoms with Crippen LogP contribution in [0.2, 0.25) is 0 Å². The van der Waals surface area contributed by atoms with E-state index in [1.54, 1.807) is 7.11 Å². The normalized spacial score (nSPS) is 15.9. The number of aromatic nitrogens is 2. The van der Waals surface area contributed by atoms with Gasteiger partial charge in [-0.15, -0.1) is 0 Å². The van der Waals surface area contributed by atoms with Crippen molar-refractivity contribution in [2.75, 3.05) is 71.6 Å². The molecule has 136 valence electrons. The van der Waals surface area contributed by atoms with Crippen molar-refractivity contribution in [1.82, 2.24) is 19.6 Å². The number of nitrogens with zero attached hydrogens (tertiary/aromatic N) is 5. The summed E-state index contributed by atoms with van der Waals surface area (Å²) in [7, 11) is 3.49.